The van der Waals surface area contributed by atoms with Crippen molar-refractivity contribution in [2.75, 3.05) is 31.6 Å². The van der Waals surface area contributed by atoms with Gasteiger partial charge in [0.15, 0.2) is 0 Å². The number of anilines is 1. The molecule has 1 heterocycles. The molecule has 1 aliphatic heterocycles. The summed E-state index contributed by atoms with van der Waals surface area (Å²) in [5.41, 5.74) is 2.21. The molecule has 0 atom stereocenters. The lowest BCUT2D eigenvalue weighted by Gasteiger charge is -2.17. The van der Waals surface area contributed by atoms with Gasteiger partial charge in [0.1, 0.15) is 11.3 Å². The van der Waals surface area contributed by atoms with Crippen molar-refractivity contribution in [3.05, 3.63) is 47.2 Å². The first-order valence-electron chi connectivity index (χ1n) is 8.20. The number of carbonyl (C=O) groups excluding carboxylic acids is 1. The monoisotopic (exact) mass is 328 g/mol. The maximum atomic E-state index is 11.7. The Hall–Kier alpha value is -2.56. The van der Waals surface area contributed by atoms with Crippen molar-refractivity contribution < 1.29 is 14.6 Å². The Bertz CT molecular complexity index is 639. The third kappa shape index (κ3) is 4.72. The van der Waals surface area contributed by atoms with Gasteiger partial charge in [0, 0.05) is 31.5 Å². The van der Waals surface area contributed by atoms with E-state index in [1.807, 2.05) is 19.1 Å². The first-order valence-corrected chi connectivity index (χ1v) is 8.20. The largest absolute Gasteiger partial charge is 0.507 e. The molecule has 0 unspecified atom stereocenters. The van der Waals surface area contributed by atoms with E-state index >= 15 is 0 Å². The van der Waals surface area contributed by atoms with Gasteiger partial charge in [-0.1, -0.05) is 18.2 Å². The molecule has 1 aliphatic rings. The first kappa shape index (κ1) is 17.8. The van der Waals surface area contributed by atoms with Gasteiger partial charge in [-0.15, -0.1) is 0 Å². The quantitative estimate of drug-likeness (QED) is 0.286. The molecule has 1 N–H and O–H groups in total. The molecule has 0 spiro atoms. The summed E-state index contributed by atoms with van der Waals surface area (Å²) in [5, 5.41) is 10.1. The molecular weight excluding hydrogens is 304 g/mol. The summed E-state index contributed by atoms with van der Waals surface area (Å²) in [4.78, 5) is 18.0. The van der Waals surface area contributed by atoms with Gasteiger partial charge < -0.3 is 14.7 Å². The highest BCUT2D eigenvalue weighted by Crippen LogP contribution is 2.21. The molecular formula is C19H24N2O3. The molecule has 2 rings (SSSR count). The van der Waals surface area contributed by atoms with Crippen LogP contribution in [0.3, 0.4) is 0 Å². The second-order valence-corrected chi connectivity index (χ2v) is 5.54. The van der Waals surface area contributed by atoms with E-state index in [0.717, 1.165) is 18.7 Å². The van der Waals surface area contributed by atoms with Crippen LogP contribution in [0.2, 0.25) is 0 Å². The molecule has 0 amide bonds. The zero-order valence-electron chi connectivity index (χ0n) is 14.2. The minimum atomic E-state index is -0.612. The summed E-state index contributed by atoms with van der Waals surface area (Å²) in [6, 6.07) is 8.14. The van der Waals surface area contributed by atoms with Crippen LogP contribution in [0.1, 0.15) is 25.3 Å². The molecule has 5 nitrogen and oxygen atoms in total. The van der Waals surface area contributed by atoms with Crippen LogP contribution in [0.5, 0.6) is 0 Å². The normalized spacial score (nSPS) is 16.0. The molecule has 0 radical (unpaired) electrons. The fraction of sp³-hybridized carbons (Fsp3) is 0.368. The lowest BCUT2D eigenvalue weighted by Crippen LogP contribution is -2.17. The van der Waals surface area contributed by atoms with Crippen LogP contribution in [-0.2, 0) is 9.53 Å². The maximum absolute atomic E-state index is 11.7. The number of aliphatic hydroxyl groups is 1. The van der Waals surface area contributed by atoms with Crippen LogP contribution in [0, 0.1) is 0 Å². The van der Waals surface area contributed by atoms with Crippen LogP contribution in [0.25, 0.3) is 6.08 Å². The van der Waals surface area contributed by atoms with Gasteiger partial charge in [0.25, 0.3) is 0 Å². The van der Waals surface area contributed by atoms with Crippen LogP contribution in [0.4, 0.5) is 5.69 Å². The maximum Gasteiger partial charge on any atom is 0.343 e. The van der Waals surface area contributed by atoms with E-state index in [9.17, 15) is 9.90 Å². The zero-order valence-corrected chi connectivity index (χ0v) is 14.2. The van der Waals surface area contributed by atoms with E-state index in [2.05, 4.69) is 26.8 Å². The Labute approximate surface area is 143 Å². The predicted octanol–water partition coefficient (Wildman–Crippen LogP) is 3.38. The Morgan fingerprint density at radius 2 is 1.96 bits per heavy atom. The SMILES string of the molecule is CCN=C/C(C(=O)OC)=C(\O)C=Cc1ccc(N2CCCC2)cc1. The lowest BCUT2D eigenvalue weighted by atomic mass is 10.1. The molecule has 128 valence electrons. The molecule has 0 aliphatic carbocycles. The Balaban J connectivity index is 2.13. The number of ether oxygens (including phenoxy) is 1. The summed E-state index contributed by atoms with van der Waals surface area (Å²) in [7, 11) is 1.27. The van der Waals surface area contributed by atoms with Gasteiger partial charge >= 0.3 is 5.97 Å². The summed E-state index contributed by atoms with van der Waals surface area (Å²) in [6.07, 6.45) is 7.07. The Morgan fingerprint density at radius 1 is 1.29 bits per heavy atom. The lowest BCUT2D eigenvalue weighted by molar-refractivity contribution is -0.135. The van der Waals surface area contributed by atoms with Gasteiger partial charge in [-0.25, -0.2) is 4.79 Å². The van der Waals surface area contributed by atoms with Crippen molar-refractivity contribution in [2.45, 2.75) is 19.8 Å². The number of hydrogen-bond donors (Lipinski definition) is 1. The summed E-state index contributed by atoms with van der Waals surface area (Å²) >= 11 is 0. The van der Waals surface area contributed by atoms with Crippen LogP contribution in [-0.4, -0.2) is 44.0 Å². The minimum Gasteiger partial charge on any atom is -0.507 e. The Kier molecular flexibility index (Phi) is 6.61. The zero-order chi connectivity index (χ0) is 17.4. The third-order valence-corrected chi connectivity index (χ3v) is 3.88. The second-order valence-electron chi connectivity index (χ2n) is 5.54. The van der Waals surface area contributed by atoms with E-state index in [1.165, 1.54) is 37.9 Å². The number of methoxy groups -OCH3 is 1. The highest BCUT2D eigenvalue weighted by molar-refractivity contribution is 6.10. The number of rotatable bonds is 6. The van der Waals surface area contributed by atoms with Crippen molar-refractivity contribution in [1.82, 2.24) is 0 Å². The average Bonchev–Trinajstić information content (AvgIpc) is 3.15. The topological polar surface area (TPSA) is 62.1 Å². The minimum absolute atomic E-state index is 0.0456. The van der Waals surface area contributed by atoms with Crippen molar-refractivity contribution in [3.63, 3.8) is 0 Å². The van der Waals surface area contributed by atoms with Gasteiger partial charge in [-0.2, -0.15) is 0 Å². The molecule has 24 heavy (non-hydrogen) atoms. The summed E-state index contributed by atoms with van der Waals surface area (Å²) in [6.45, 7) is 4.59. The van der Waals surface area contributed by atoms with E-state index in [1.54, 1.807) is 6.08 Å². The first-order chi connectivity index (χ1) is 11.7. The molecule has 0 bridgehead atoms. The third-order valence-electron chi connectivity index (χ3n) is 3.88. The number of aliphatic hydroxyl groups excluding tert-OH is 1. The smallest absolute Gasteiger partial charge is 0.343 e. The van der Waals surface area contributed by atoms with Crippen molar-refractivity contribution >= 4 is 23.9 Å². The van der Waals surface area contributed by atoms with Gasteiger partial charge in [-0.3, -0.25) is 4.99 Å². The fourth-order valence-corrected chi connectivity index (χ4v) is 2.55. The van der Waals surface area contributed by atoms with E-state index in [0.29, 0.717) is 6.54 Å². The van der Waals surface area contributed by atoms with Crippen LogP contribution >= 0.6 is 0 Å². The number of carbonyl (C=O) groups is 1. The van der Waals surface area contributed by atoms with Gasteiger partial charge in [-0.05, 0) is 43.5 Å². The van der Waals surface area contributed by atoms with Crippen LogP contribution in [0.15, 0.2) is 46.7 Å². The predicted molar refractivity (Wildman–Crippen MR) is 97.6 cm³/mol. The summed E-state index contributed by atoms with van der Waals surface area (Å²) in [5.74, 6) is -0.776. The molecule has 1 aromatic rings. The fourth-order valence-electron chi connectivity index (χ4n) is 2.55. The number of benzene rings is 1. The van der Waals surface area contributed by atoms with Crippen molar-refractivity contribution in [2.24, 2.45) is 4.99 Å². The van der Waals surface area contributed by atoms with Gasteiger partial charge in [0.05, 0.1) is 7.11 Å². The second kappa shape index (κ2) is 8.91. The number of allylic oxidation sites excluding steroid dienone is 1. The number of nitrogens with zero attached hydrogens (tertiary/aromatic N) is 2. The molecule has 1 aromatic carbocycles. The van der Waals surface area contributed by atoms with E-state index < -0.39 is 5.97 Å². The molecule has 0 saturated carbocycles. The number of esters is 1. The Morgan fingerprint density at radius 3 is 2.54 bits per heavy atom. The summed E-state index contributed by atoms with van der Waals surface area (Å²) < 4.78 is 4.67. The molecule has 1 fully saturated rings. The van der Waals surface area contributed by atoms with E-state index in [4.69, 9.17) is 0 Å². The molecule has 5 heteroatoms. The molecule has 0 aromatic heterocycles. The van der Waals surface area contributed by atoms with Gasteiger partial charge in [0.2, 0.25) is 0 Å². The molecule has 1 saturated heterocycles. The van der Waals surface area contributed by atoms with Crippen molar-refractivity contribution in [3.8, 4) is 0 Å². The number of hydrogen-bond acceptors (Lipinski definition) is 5. The number of aliphatic imine (C=N–C) groups is 1. The average molecular weight is 328 g/mol. The highest BCUT2D eigenvalue weighted by Gasteiger charge is 2.13. The van der Waals surface area contributed by atoms with E-state index in [-0.39, 0.29) is 11.3 Å². The standard InChI is InChI=1S/C19H24N2O3/c1-3-20-14-17(19(23)24-2)18(22)11-8-15-6-9-16(10-7-15)21-12-4-5-13-21/h6-11,14,22H,3-5,12-13H2,1-2H3/b11-8?,18-17+,20-14?. The van der Waals surface area contributed by atoms with Crippen LogP contribution < -0.4 is 4.90 Å². The highest BCUT2D eigenvalue weighted by atomic mass is 16.5. The van der Waals surface area contributed by atoms with Crippen molar-refractivity contribution in [1.29, 1.82) is 0 Å².